The zero-order valence-electron chi connectivity index (χ0n) is 14.8. The number of hydrogen-bond donors (Lipinski definition) is 1. The molecule has 3 heterocycles. The van der Waals surface area contributed by atoms with E-state index in [9.17, 15) is 4.79 Å². The van der Waals surface area contributed by atoms with Crippen molar-refractivity contribution in [1.29, 1.82) is 0 Å². The van der Waals surface area contributed by atoms with Gasteiger partial charge in [-0.3, -0.25) is 9.69 Å². The second kappa shape index (κ2) is 7.05. The monoisotopic (exact) mass is 366 g/mol. The molecule has 1 saturated heterocycles. The molecule has 1 aromatic carbocycles. The van der Waals surface area contributed by atoms with E-state index in [2.05, 4.69) is 34.1 Å². The molecule has 1 aliphatic rings. The predicted molar refractivity (Wildman–Crippen MR) is 106 cm³/mol. The summed E-state index contributed by atoms with van der Waals surface area (Å²) in [6.07, 6.45) is 0. The first-order valence-electron chi connectivity index (χ1n) is 8.83. The lowest BCUT2D eigenvalue weighted by atomic mass is 10.2. The molecule has 26 heavy (non-hydrogen) atoms. The van der Waals surface area contributed by atoms with Gasteiger partial charge in [0.2, 0.25) is 0 Å². The van der Waals surface area contributed by atoms with Crippen molar-refractivity contribution in [3.8, 4) is 0 Å². The smallest absolute Gasteiger partial charge is 0.266 e. The molecule has 0 atom stereocenters. The second-order valence-corrected chi connectivity index (χ2v) is 7.70. The lowest BCUT2D eigenvalue weighted by Gasteiger charge is -2.34. The number of pyridine rings is 1. The number of hydrogen-bond acceptors (Lipinski definition) is 5. The number of piperazine rings is 1. The third-order valence-electron chi connectivity index (χ3n) is 4.84. The molecule has 0 spiro atoms. The largest absolute Gasteiger partial charge is 0.397 e. The third-order valence-corrected chi connectivity index (χ3v) is 5.94. The lowest BCUT2D eigenvalue weighted by Crippen LogP contribution is -2.48. The number of carbonyl (C=O) groups is 1. The Hall–Kier alpha value is -2.44. The Labute approximate surface area is 157 Å². The molecule has 1 aliphatic heterocycles. The molecule has 0 saturated carbocycles. The van der Waals surface area contributed by atoms with Crippen molar-refractivity contribution in [3.63, 3.8) is 0 Å². The fourth-order valence-electron chi connectivity index (χ4n) is 3.34. The third kappa shape index (κ3) is 3.30. The molecular formula is C20H22N4OS. The Morgan fingerprint density at radius 2 is 1.85 bits per heavy atom. The van der Waals surface area contributed by atoms with Crippen LogP contribution in [0.25, 0.3) is 10.2 Å². The number of aryl methyl sites for hydroxylation is 1. The molecule has 2 N–H and O–H groups in total. The van der Waals surface area contributed by atoms with E-state index in [0.717, 1.165) is 48.6 Å². The highest BCUT2D eigenvalue weighted by Gasteiger charge is 2.26. The molecule has 0 radical (unpaired) electrons. The Morgan fingerprint density at radius 1 is 1.12 bits per heavy atom. The Morgan fingerprint density at radius 3 is 2.58 bits per heavy atom. The van der Waals surface area contributed by atoms with E-state index in [0.29, 0.717) is 10.6 Å². The van der Waals surface area contributed by atoms with Crippen LogP contribution in [0.15, 0.2) is 42.5 Å². The zero-order chi connectivity index (χ0) is 18.1. The Balaban J connectivity index is 1.44. The molecule has 0 aliphatic carbocycles. The van der Waals surface area contributed by atoms with Gasteiger partial charge in [0.1, 0.15) is 9.71 Å². The number of amides is 1. The van der Waals surface area contributed by atoms with Crippen LogP contribution in [0, 0.1) is 6.92 Å². The summed E-state index contributed by atoms with van der Waals surface area (Å²) in [6, 6.07) is 14.3. The summed E-state index contributed by atoms with van der Waals surface area (Å²) in [4.78, 5) is 23.2. The molecule has 6 heteroatoms. The second-order valence-electron chi connectivity index (χ2n) is 6.70. The standard InChI is InChI=1S/C20H22N4OS/c1-14-7-8-16-17(21)18(26-19(16)22-14)20(25)24-11-9-23(10-12-24)13-15-5-3-2-4-6-15/h2-8H,9-13,21H2,1H3. The number of nitrogens with two attached hydrogens (primary N) is 1. The normalized spacial score (nSPS) is 15.5. The predicted octanol–water partition coefficient (Wildman–Crippen LogP) is 3.14. The molecule has 134 valence electrons. The van der Waals surface area contributed by atoms with Gasteiger partial charge in [0.15, 0.2) is 0 Å². The number of carbonyl (C=O) groups excluding carboxylic acids is 1. The fourth-order valence-corrected chi connectivity index (χ4v) is 4.45. The van der Waals surface area contributed by atoms with Gasteiger partial charge < -0.3 is 10.6 Å². The maximum atomic E-state index is 13.0. The minimum atomic E-state index is 0.0301. The van der Waals surface area contributed by atoms with Crippen LogP contribution in [0.5, 0.6) is 0 Å². The molecule has 1 fully saturated rings. The summed E-state index contributed by atoms with van der Waals surface area (Å²) >= 11 is 1.40. The maximum Gasteiger partial charge on any atom is 0.266 e. The number of benzene rings is 1. The number of anilines is 1. The average molecular weight is 366 g/mol. The van der Waals surface area contributed by atoms with E-state index in [1.165, 1.54) is 16.9 Å². The molecule has 5 nitrogen and oxygen atoms in total. The van der Waals surface area contributed by atoms with Crippen molar-refractivity contribution in [2.45, 2.75) is 13.5 Å². The van der Waals surface area contributed by atoms with Crippen molar-refractivity contribution >= 4 is 33.1 Å². The molecule has 1 amide bonds. The van der Waals surface area contributed by atoms with Crippen molar-refractivity contribution in [2.24, 2.45) is 0 Å². The number of thiophene rings is 1. The van der Waals surface area contributed by atoms with Crippen LogP contribution in [0.3, 0.4) is 0 Å². The average Bonchev–Trinajstić information content (AvgIpc) is 2.98. The van der Waals surface area contributed by atoms with Gasteiger partial charge in [-0.25, -0.2) is 4.98 Å². The summed E-state index contributed by atoms with van der Waals surface area (Å²) in [5.74, 6) is 0.0301. The number of nitrogen functional groups attached to an aromatic ring is 1. The van der Waals surface area contributed by atoms with Gasteiger partial charge in [-0.2, -0.15) is 0 Å². The van der Waals surface area contributed by atoms with E-state index in [4.69, 9.17) is 5.73 Å². The summed E-state index contributed by atoms with van der Waals surface area (Å²) in [6.45, 7) is 6.09. The first kappa shape index (κ1) is 17.0. The first-order chi connectivity index (χ1) is 12.6. The van der Waals surface area contributed by atoms with Crippen LogP contribution in [0.2, 0.25) is 0 Å². The van der Waals surface area contributed by atoms with E-state index < -0.39 is 0 Å². The van der Waals surface area contributed by atoms with Gasteiger partial charge in [0.05, 0.1) is 5.69 Å². The number of fused-ring (bicyclic) bond motifs is 1. The van der Waals surface area contributed by atoms with Gasteiger partial charge in [-0.15, -0.1) is 11.3 Å². The maximum absolute atomic E-state index is 13.0. The summed E-state index contributed by atoms with van der Waals surface area (Å²) in [5.41, 5.74) is 9.05. The minimum absolute atomic E-state index is 0.0301. The summed E-state index contributed by atoms with van der Waals surface area (Å²) in [7, 11) is 0. The van der Waals surface area contributed by atoms with Crippen LogP contribution in [0.1, 0.15) is 20.9 Å². The van der Waals surface area contributed by atoms with Crippen LogP contribution < -0.4 is 5.73 Å². The Kier molecular flexibility index (Phi) is 4.61. The number of nitrogens with zero attached hydrogens (tertiary/aromatic N) is 3. The summed E-state index contributed by atoms with van der Waals surface area (Å²) < 4.78 is 0. The van der Waals surface area contributed by atoms with Crippen LogP contribution >= 0.6 is 11.3 Å². The van der Waals surface area contributed by atoms with Crippen LogP contribution in [0.4, 0.5) is 5.69 Å². The van der Waals surface area contributed by atoms with Crippen LogP contribution in [-0.2, 0) is 6.54 Å². The van der Waals surface area contributed by atoms with Gasteiger partial charge in [-0.1, -0.05) is 30.3 Å². The van der Waals surface area contributed by atoms with Gasteiger partial charge >= 0.3 is 0 Å². The highest BCUT2D eigenvalue weighted by molar-refractivity contribution is 7.21. The zero-order valence-corrected chi connectivity index (χ0v) is 15.6. The lowest BCUT2D eigenvalue weighted by molar-refractivity contribution is 0.0634. The highest BCUT2D eigenvalue weighted by atomic mass is 32.1. The van der Waals surface area contributed by atoms with Crippen molar-refractivity contribution in [3.05, 3.63) is 58.6 Å². The van der Waals surface area contributed by atoms with Crippen molar-refractivity contribution in [2.75, 3.05) is 31.9 Å². The highest BCUT2D eigenvalue weighted by Crippen LogP contribution is 2.33. The van der Waals surface area contributed by atoms with E-state index in [1.807, 2.05) is 30.0 Å². The van der Waals surface area contributed by atoms with Gasteiger partial charge in [0.25, 0.3) is 5.91 Å². The molecule has 0 unspecified atom stereocenters. The van der Waals surface area contributed by atoms with E-state index in [1.54, 1.807) is 0 Å². The van der Waals surface area contributed by atoms with Crippen molar-refractivity contribution in [1.82, 2.24) is 14.8 Å². The minimum Gasteiger partial charge on any atom is -0.397 e. The Bertz CT molecular complexity index is 930. The number of aromatic nitrogens is 1. The van der Waals surface area contributed by atoms with E-state index in [-0.39, 0.29) is 5.91 Å². The first-order valence-corrected chi connectivity index (χ1v) is 9.64. The number of rotatable bonds is 3. The quantitative estimate of drug-likeness (QED) is 0.773. The van der Waals surface area contributed by atoms with Crippen LogP contribution in [-0.4, -0.2) is 46.9 Å². The van der Waals surface area contributed by atoms with Gasteiger partial charge in [-0.05, 0) is 24.6 Å². The van der Waals surface area contributed by atoms with Crippen molar-refractivity contribution < 1.29 is 4.79 Å². The molecular weight excluding hydrogens is 344 g/mol. The summed E-state index contributed by atoms with van der Waals surface area (Å²) in [5, 5.41) is 0.881. The molecule has 4 rings (SSSR count). The molecule has 2 aromatic heterocycles. The molecule has 0 bridgehead atoms. The SMILES string of the molecule is Cc1ccc2c(N)c(C(=O)N3CCN(Cc4ccccc4)CC3)sc2n1. The van der Waals surface area contributed by atoms with Gasteiger partial charge in [0, 0.05) is 43.8 Å². The molecule has 3 aromatic rings. The fraction of sp³-hybridized carbons (Fsp3) is 0.300. The van der Waals surface area contributed by atoms with E-state index >= 15 is 0 Å². The topological polar surface area (TPSA) is 62.5 Å².